The Bertz CT molecular complexity index is 841. The molecule has 130 valence electrons. The van der Waals surface area contributed by atoms with E-state index in [4.69, 9.17) is 23.8 Å². The van der Waals surface area contributed by atoms with Crippen LogP contribution in [0.1, 0.15) is 19.4 Å². The Balaban J connectivity index is 2.44. The van der Waals surface area contributed by atoms with Crippen LogP contribution >= 0.6 is 35.6 Å². The molecule has 0 N–H and O–H groups in total. The Kier molecular flexibility index (Phi) is 5.55. The van der Waals surface area contributed by atoms with Gasteiger partial charge in [0.05, 0.1) is 9.83 Å². The standard InChI is InChI=1S/C14H10ClN3O5S2/c1-7(19)16(8(2)20)17-13(21)12(25-14(17)24)6-9-5-10(18(22)23)3-4-11(9)15/h3-6H,1-2H3/b12-6-. The number of carbonyl (C=O) groups excluding carboxylic acids is 3. The largest absolute Gasteiger partial charge is 0.285 e. The average Bonchev–Trinajstić information content (AvgIpc) is 2.76. The summed E-state index contributed by atoms with van der Waals surface area (Å²) in [5, 5.41) is 12.5. The maximum Gasteiger partial charge on any atom is 0.285 e. The van der Waals surface area contributed by atoms with Gasteiger partial charge in [0.25, 0.3) is 11.6 Å². The summed E-state index contributed by atoms with van der Waals surface area (Å²) in [7, 11) is 0. The van der Waals surface area contributed by atoms with E-state index in [0.717, 1.165) is 30.6 Å². The van der Waals surface area contributed by atoms with Crippen LogP contribution in [0.15, 0.2) is 23.1 Å². The number of hydrogen-bond donors (Lipinski definition) is 0. The quantitative estimate of drug-likeness (QED) is 0.333. The first kappa shape index (κ1) is 19.0. The van der Waals surface area contributed by atoms with Gasteiger partial charge in [-0.2, -0.15) is 10.0 Å². The van der Waals surface area contributed by atoms with E-state index in [9.17, 15) is 24.5 Å². The zero-order valence-corrected chi connectivity index (χ0v) is 15.3. The van der Waals surface area contributed by atoms with E-state index >= 15 is 0 Å². The summed E-state index contributed by atoms with van der Waals surface area (Å²) in [6.07, 6.45) is 1.33. The first-order valence-corrected chi connectivity index (χ1v) is 8.27. The third-order valence-electron chi connectivity index (χ3n) is 3.05. The van der Waals surface area contributed by atoms with E-state index in [0.29, 0.717) is 5.01 Å². The minimum Gasteiger partial charge on any atom is -0.273 e. The number of amides is 3. The third-order valence-corrected chi connectivity index (χ3v) is 4.67. The number of benzene rings is 1. The smallest absolute Gasteiger partial charge is 0.273 e. The van der Waals surface area contributed by atoms with Gasteiger partial charge in [-0.25, -0.2) is 0 Å². The van der Waals surface area contributed by atoms with Crippen LogP contribution in [0, 0.1) is 10.1 Å². The first-order valence-electron chi connectivity index (χ1n) is 6.66. The van der Waals surface area contributed by atoms with Gasteiger partial charge in [-0.05, 0) is 24.4 Å². The van der Waals surface area contributed by atoms with Crippen molar-refractivity contribution in [1.29, 1.82) is 0 Å². The topological polar surface area (TPSA) is 101 Å². The summed E-state index contributed by atoms with van der Waals surface area (Å²) < 4.78 is -0.0109. The Morgan fingerprint density at radius 2 is 1.96 bits per heavy atom. The van der Waals surface area contributed by atoms with E-state index in [2.05, 4.69) is 0 Å². The molecule has 0 unspecified atom stereocenters. The van der Waals surface area contributed by atoms with Gasteiger partial charge in [-0.15, -0.1) is 0 Å². The van der Waals surface area contributed by atoms with Crippen molar-refractivity contribution in [2.24, 2.45) is 0 Å². The second kappa shape index (κ2) is 7.30. The molecule has 1 saturated heterocycles. The van der Waals surface area contributed by atoms with Crippen LogP contribution in [-0.4, -0.2) is 37.0 Å². The van der Waals surface area contributed by atoms with Gasteiger partial charge in [0.15, 0.2) is 4.32 Å². The summed E-state index contributed by atoms with van der Waals surface area (Å²) in [5.74, 6) is -2.03. The minimum atomic E-state index is -0.692. The van der Waals surface area contributed by atoms with Crippen LogP contribution in [-0.2, 0) is 14.4 Å². The number of carbonyl (C=O) groups is 3. The van der Waals surface area contributed by atoms with Crippen molar-refractivity contribution in [2.75, 3.05) is 0 Å². The number of nitrogens with zero attached hydrogens (tertiary/aromatic N) is 3. The molecule has 0 saturated carbocycles. The van der Waals surface area contributed by atoms with Crippen molar-refractivity contribution in [3.8, 4) is 0 Å². The molecule has 0 atom stereocenters. The second-order valence-corrected chi connectivity index (χ2v) is 6.89. The number of halogens is 1. The maximum absolute atomic E-state index is 12.5. The highest BCUT2D eigenvalue weighted by Gasteiger charge is 2.39. The van der Waals surface area contributed by atoms with Gasteiger partial charge in [0.2, 0.25) is 11.8 Å². The van der Waals surface area contributed by atoms with Gasteiger partial charge in [0, 0.05) is 36.6 Å². The van der Waals surface area contributed by atoms with Crippen molar-refractivity contribution >= 4 is 69.4 Å². The van der Waals surface area contributed by atoms with Crippen molar-refractivity contribution < 1.29 is 19.3 Å². The molecule has 1 aromatic rings. The number of hydrogen-bond acceptors (Lipinski definition) is 7. The minimum absolute atomic E-state index is 0.0109. The highest BCUT2D eigenvalue weighted by atomic mass is 35.5. The normalized spacial score (nSPS) is 15.6. The van der Waals surface area contributed by atoms with Gasteiger partial charge < -0.3 is 0 Å². The van der Waals surface area contributed by atoms with E-state index in [1.807, 2.05) is 0 Å². The first-order chi connectivity index (χ1) is 11.6. The second-order valence-electron chi connectivity index (χ2n) is 4.81. The third kappa shape index (κ3) is 3.86. The number of nitro benzene ring substituents is 1. The number of rotatable bonds is 3. The van der Waals surface area contributed by atoms with Gasteiger partial charge in [-0.1, -0.05) is 23.4 Å². The fourth-order valence-corrected chi connectivity index (χ4v) is 3.44. The zero-order valence-electron chi connectivity index (χ0n) is 12.9. The number of thioether (sulfide) groups is 1. The molecule has 1 aromatic carbocycles. The molecule has 1 heterocycles. The van der Waals surface area contributed by atoms with E-state index in [-0.39, 0.29) is 25.5 Å². The predicted molar refractivity (Wildman–Crippen MR) is 96.3 cm³/mol. The SMILES string of the molecule is CC(=O)N(C(C)=O)N1C(=O)/C(=C/c2cc([N+](=O)[O-])ccc2Cl)SC1=S. The molecular formula is C14H10ClN3O5S2. The summed E-state index contributed by atoms with van der Waals surface area (Å²) in [5.41, 5.74) is 0.0498. The highest BCUT2D eigenvalue weighted by Crippen LogP contribution is 2.35. The lowest BCUT2D eigenvalue weighted by Crippen LogP contribution is -2.50. The maximum atomic E-state index is 12.5. The Morgan fingerprint density at radius 1 is 1.36 bits per heavy atom. The van der Waals surface area contributed by atoms with Crippen LogP contribution in [0.2, 0.25) is 5.02 Å². The molecule has 3 amide bonds. The molecule has 0 aromatic heterocycles. The summed E-state index contributed by atoms with van der Waals surface area (Å²) in [6, 6.07) is 3.78. The van der Waals surface area contributed by atoms with Crippen molar-refractivity contribution in [1.82, 2.24) is 10.0 Å². The summed E-state index contributed by atoms with van der Waals surface area (Å²) >= 11 is 11.9. The average molecular weight is 400 g/mol. The van der Waals surface area contributed by atoms with E-state index in [1.165, 1.54) is 24.3 Å². The number of imide groups is 1. The van der Waals surface area contributed by atoms with Crippen LogP contribution in [0.5, 0.6) is 0 Å². The lowest BCUT2D eigenvalue weighted by Gasteiger charge is -2.26. The van der Waals surface area contributed by atoms with Gasteiger partial charge in [-0.3, -0.25) is 24.5 Å². The Morgan fingerprint density at radius 3 is 2.48 bits per heavy atom. The molecule has 0 bridgehead atoms. The molecule has 0 radical (unpaired) electrons. The lowest BCUT2D eigenvalue weighted by molar-refractivity contribution is -0.384. The molecule has 1 fully saturated rings. The number of nitro groups is 1. The monoisotopic (exact) mass is 399 g/mol. The molecule has 8 nitrogen and oxygen atoms in total. The number of non-ortho nitro benzene ring substituents is 1. The van der Waals surface area contributed by atoms with Gasteiger partial charge >= 0.3 is 0 Å². The number of hydrazine groups is 1. The Labute approximate surface area is 156 Å². The molecule has 1 aliphatic heterocycles. The van der Waals surface area contributed by atoms with Crippen molar-refractivity contribution in [3.05, 3.63) is 43.8 Å². The Hall–Kier alpha value is -2.30. The molecule has 25 heavy (non-hydrogen) atoms. The van der Waals surface area contributed by atoms with Crippen LogP contribution in [0.4, 0.5) is 5.69 Å². The summed E-state index contributed by atoms with van der Waals surface area (Å²) in [6.45, 7) is 2.25. The molecule has 0 spiro atoms. The van der Waals surface area contributed by atoms with Crippen LogP contribution in [0.25, 0.3) is 6.08 Å². The molecule has 11 heteroatoms. The summed E-state index contributed by atoms with van der Waals surface area (Å²) in [4.78, 5) is 46.1. The van der Waals surface area contributed by atoms with Crippen LogP contribution in [0.3, 0.4) is 0 Å². The van der Waals surface area contributed by atoms with Crippen molar-refractivity contribution in [3.63, 3.8) is 0 Å². The van der Waals surface area contributed by atoms with E-state index in [1.54, 1.807) is 0 Å². The van der Waals surface area contributed by atoms with E-state index < -0.39 is 22.6 Å². The molecule has 2 rings (SSSR count). The lowest BCUT2D eigenvalue weighted by atomic mass is 10.2. The molecular weight excluding hydrogens is 390 g/mol. The fourth-order valence-electron chi connectivity index (χ4n) is 2.03. The van der Waals surface area contributed by atoms with Gasteiger partial charge in [0.1, 0.15) is 0 Å². The zero-order chi connectivity index (χ0) is 18.9. The van der Waals surface area contributed by atoms with Crippen LogP contribution < -0.4 is 0 Å². The predicted octanol–water partition coefficient (Wildman–Crippen LogP) is 2.76. The van der Waals surface area contributed by atoms with Crippen molar-refractivity contribution in [2.45, 2.75) is 13.8 Å². The molecule has 0 aliphatic carbocycles. The fraction of sp³-hybridized carbons (Fsp3) is 0.143. The number of thiocarbonyl (C=S) groups is 1. The highest BCUT2D eigenvalue weighted by molar-refractivity contribution is 8.26. The molecule has 1 aliphatic rings.